The fourth-order valence-electron chi connectivity index (χ4n) is 1.38. The molecule has 0 amide bonds. The first kappa shape index (κ1) is 12.1. The second-order valence-electron chi connectivity index (χ2n) is 5.55. The van der Waals surface area contributed by atoms with Gasteiger partial charge in [0.15, 0.2) is 0 Å². The molecule has 0 aliphatic carbocycles. The third-order valence-electron chi connectivity index (χ3n) is 2.21. The van der Waals surface area contributed by atoms with Crippen molar-refractivity contribution in [2.75, 3.05) is 0 Å². The van der Waals surface area contributed by atoms with Crippen LogP contribution in [-0.2, 0) is 0 Å². The highest BCUT2D eigenvalue weighted by molar-refractivity contribution is 6.11. The molecule has 0 N–H and O–H groups in total. The molecule has 0 radical (unpaired) electrons. The van der Waals surface area contributed by atoms with E-state index in [4.69, 9.17) is 0 Å². The average Bonchev–Trinajstić information content (AvgIpc) is 1.83. The van der Waals surface area contributed by atoms with Crippen molar-refractivity contribution < 1.29 is 0 Å². The second kappa shape index (κ2) is 5.67. The zero-order valence-electron chi connectivity index (χ0n) is 9.61. The first-order chi connectivity index (χ1) is 5.42. The Morgan fingerprint density at radius 2 is 1.67 bits per heavy atom. The molecule has 0 nitrogen and oxygen atoms in total. The Morgan fingerprint density at radius 3 is 2.08 bits per heavy atom. The molecule has 0 aliphatic rings. The van der Waals surface area contributed by atoms with Crippen LogP contribution in [0, 0.1) is 5.41 Å². The van der Waals surface area contributed by atoms with Gasteiger partial charge in [0.05, 0.1) is 0 Å². The molecule has 1 heteroatoms. The first-order valence-electron chi connectivity index (χ1n) is 5.42. The highest BCUT2D eigenvalue weighted by Crippen LogP contribution is 2.22. The van der Waals surface area contributed by atoms with Gasteiger partial charge in [0.1, 0.15) is 7.85 Å². The standard InChI is InChI=1S/C11H25B/c1-10(12)8-6-5-7-9-11(2,3)4/h10H,5-9,12H2,1-4H3. The maximum absolute atomic E-state index is 2.33. The molecular formula is C11H25B. The zero-order chi connectivity index (χ0) is 9.61. The van der Waals surface area contributed by atoms with Crippen LogP contribution in [0.15, 0.2) is 0 Å². The van der Waals surface area contributed by atoms with E-state index in [-0.39, 0.29) is 0 Å². The van der Waals surface area contributed by atoms with E-state index < -0.39 is 0 Å². The topological polar surface area (TPSA) is 0 Å². The number of hydrogen-bond donors (Lipinski definition) is 0. The lowest BCUT2D eigenvalue weighted by Gasteiger charge is -2.17. The molecule has 0 saturated carbocycles. The molecule has 1 atom stereocenters. The Labute approximate surface area is 79.5 Å². The van der Waals surface area contributed by atoms with Crippen molar-refractivity contribution in [3.05, 3.63) is 0 Å². The summed E-state index contributed by atoms with van der Waals surface area (Å²) in [5, 5.41) is 0. The van der Waals surface area contributed by atoms with E-state index in [1.54, 1.807) is 0 Å². The van der Waals surface area contributed by atoms with Gasteiger partial charge >= 0.3 is 0 Å². The Kier molecular flexibility index (Phi) is 5.70. The van der Waals surface area contributed by atoms with Crippen LogP contribution in [0.1, 0.15) is 59.8 Å². The monoisotopic (exact) mass is 168 g/mol. The van der Waals surface area contributed by atoms with Crippen LogP contribution in [-0.4, -0.2) is 7.85 Å². The maximum atomic E-state index is 2.33. The predicted molar refractivity (Wildman–Crippen MR) is 60.5 cm³/mol. The molecule has 0 fully saturated rings. The molecule has 0 saturated heterocycles. The third-order valence-corrected chi connectivity index (χ3v) is 2.21. The summed E-state index contributed by atoms with van der Waals surface area (Å²) in [5.41, 5.74) is 0.540. The Hall–Kier alpha value is 0.0649. The average molecular weight is 168 g/mol. The summed E-state index contributed by atoms with van der Waals surface area (Å²) in [5.74, 6) is 0.889. The molecule has 0 bridgehead atoms. The second-order valence-corrected chi connectivity index (χ2v) is 5.55. The fourth-order valence-corrected chi connectivity index (χ4v) is 1.38. The van der Waals surface area contributed by atoms with Gasteiger partial charge in [0, 0.05) is 0 Å². The molecule has 0 spiro atoms. The Bertz CT molecular complexity index is 100. The van der Waals surface area contributed by atoms with Gasteiger partial charge in [-0.05, 0) is 11.8 Å². The summed E-state index contributed by atoms with van der Waals surface area (Å²) in [7, 11) is 2.31. The predicted octanol–water partition coefficient (Wildman–Crippen LogP) is 3.42. The molecule has 0 rings (SSSR count). The smallest absolute Gasteiger partial charge is 0.0725 e. The van der Waals surface area contributed by atoms with Gasteiger partial charge in [0.25, 0.3) is 0 Å². The van der Waals surface area contributed by atoms with Gasteiger partial charge in [-0.2, -0.15) is 0 Å². The lowest BCUT2D eigenvalue weighted by atomic mass is 9.84. The molecule has 12 heavy (non-hydrogen) atoms. The first-order valence-corrected chi connectivity index (χ1v) is 5.42. The van der Waals surface area contributed by atoms with E-state index >= 15 is 0 Å². The van der Waals surface area contributed by atoms with Crippen LogP contribution in [0.2, 0.25) is 5.82 Å². The minimum Gasteiger partial charge on any atom is -0.0725 e. The largest absolute Gasteiger partial charge is 0.105 e. The number of hydrogen-bond acceptors (Lipinski definition) is 0. The van der Waals surface area contributed by atoms with Crippen molar-refractivity contribution >= 4 is 7.85 Å². The van der Waals surface area contributed by atoms with Gasteiger partial charge in [-0.25, -0.2) is 0 Å². The van der Waals surface area contributed by atoms with E-state index in [1.807, 2.05) is 0 Å². The van der Waals surface area contributed by atoms with Crippen molar-refractivity contribution in [1.82, 2.24) is 0 Å². The van der Waals surface area contributed by atoms with Gasteiger partial charge in [0.2, 0.25) is 0 Å². The maximum Gasteiger partial charge on any atom is 0.105 e. The van der Waals surface area contributed by atoms with Gasteiger partial charge in [-0.3, -0.25) is 0 Å². The van der Waals surface area contributed by atoms with Crippen molar-refractivity contribution in [3.8, 4) is 0 Å². The SMILES string of the molecule is BC(C)CCCCCC(C)(C)C. The Balaban J connectivity index is 3.12. The van der Waals surface area contributed by atoms with Crippen LogP contribution in [0.3, 0.4) is 0 Å². The van der Waals surface area contributed by atoms with Crippen LogP contribution in [0.4, 0.5) is 0 Å². The lowest BCUT2D eigenvalue weighted by molar-refractivity contribution is 0.357. The molecule has 0 aromatic rings. The van der Waals surface area contributed by atoms with Crippen molar-refractivity contribution in [2.24, 2.45) is 5.41 Å². The van der Waals surface area contributed by atoms with Crippen LogP contribution in [0.25, 0.3) is 0 Å². The Morgan fingerprint density at radius 1 is 1.08 bits per heavy atom. The number of rotatable bonds is 5. The summed E-state index contributed by atoms with van der Waals surface area (Å²) >= 11 is 0. The molecule has 1 unspecified atom stereocenters. The van der Waals surface area contributed by atoms with E-state index in [2.05, 4.69) is 35.5 Å². The van der Waals surface area contributed by atoms with Gasteiger partial charge in [-0.15, -0.1) is 0 Å². The van der Waals surface area contributed by atoms with Crippen LogP contribution < -0.4 is 0 Å². The van der Waals surface area contributed by atoms with Gasteiger partial charge in [-0.1, -0.05) is 59.2 Å². The van der Waals surface area contributed by atoms with Crippen LogP contribution >= 0.6 is 0 Å². The van der Waals surface area contributed by atoms with E-state index in [1.165, 1.54) is 32.1 Å². The summed E-state index contributed by atoms with van der Waals surface area (Å²) in [6, 6.07) is 0. The van der Waals surface area contributed by atoms with E-state index in [0.29, 0.717) is 5.41 Å². The minimum absolute atomic E-state index is 0.540. The van der Waals surface area contributed by atoms with Crippen molar-refractivity contribution in [1.29, 1.82) is 0 Å². The molecule has 0 heterocycles. The lowest BCUT2D eigenvalue weighted by Crippen LogP contribution is -2.03. The molecular weight excluding hydrogens is 143 g/mol. The summed E-state index contributed by atoms with van der Waals surface area (Å²) < 4.78 is 0. The third kappa shape index (κ3) is 10.1. The summed E-state index contributed by atoms with van der Waals surface area (Å²) in [6.45, 7) is 9.30. The van der Waals surface area contributed by atoms with Crippen molar-refractivity contribution in [2.45, 2.75) is 65.6 Å². The minimum atomic E-state index is 0.540. The summed E-state index contributed by atoms with van der Waals surface area (Å²) in [4.78, 5) is 0. The van der Waals surface area contributed by atoms with E-state index in [0.717, 1.165) is 5.82 Å². The molecule has 0 aromatic heterocycles. The molecule has 0 aromatic carbocycles. The fraction of sp³-hybridized carbons (Fsp3) is 1.00. The highest BCUT2D eigenvalue weighted by atomic mass is 14.1. The van der Waals surface area contributed by atoms with Gasteiger partial charge < -0.3 is 0 Å². The quantitative estimate of drug-likeness (QED) is 0.435. The van der Waals surface area contributed by atoms with Crippen LogP contribution in [0.5, 0.6) is 0 Å². The van der Waals surface area contributed by atoms with Crippen molar-refractivity contribution in [3.63, 3.8) is 0 Å². The molecule has 72 valence electrons. The normalized spacial score (nSPS) is 14.7. The number of unbranched alkanes of at least 4 members (excludes halogenated alkanes) is 2. The van der Waals surface area contributed by atoms with E-state index in [9.17, 15) is 0 Å². The molecule has 0 aliphatic heterocycles. The zero-order valence-corrected chi connectivity index (χ0v) is 9.61. The summed E-state index contributed by atoms with van der Waals surface area (Å²) in [6.07, 6.45) is 7.05. The highest BCUT2D eigenvalue weighted by Gasteiger charge is 2.08.